The summed E-state index contributed by atoms with van der Waals surface area (Å²) in [5.74, 6) is 0.450. The van der Waals surface area contributed by atoms with E-state index in [4.69, 9.17) is 4.74 Å². The van der Waals surface area contributed by atoms with E-state index >= 15 is 0 Å². The first-order chi connectivity index (χ1) is 10.5. The maximum atomic E-state index is 12.2. The van der Waals surface area contributed by atoms with Gasteiger partial charge < -0.3 is 9.64 Å². The Hall–Kier alpha value is -0.790. The van der Waals surface area contributed by atoms with Crippen LogP contribution in [0.3, 0.4) is 0 Å². The minimum absolute atomic E-state index is 0.00922. The lowest BCUT2D eigenvalue weighted by Gasteiger charge is -2.32. The predicted molar refractivity (Wildman–Crippen MR) is 94.4 cm³/mol. The lowest BCUT2D eigenvalue weighted by Crippen LogP contribution is -2.33. The molecular weight excluding hydrogens is 338 g/mol. The first kappa shape index (κ1) is 17.6. The largest absolute Gasteiger partial charge is 0.469 e. The maximum Gasteiger partial charge on any atom is 0.308 e. The minimum atomic E-state index is -0.119. The molecule has 0 spiro atoms. The highest BCUT2D eigenvalue weighted by Gasteiger charge is 2.35. The van der Waals surface area contributed by atoms with Crippen molar-refractivity contribution >= 4 is 46.1 Å². The molecule has 0 bridgehead atoms. The number of hydrogen-bond acceptors (Lipinski definition) is 6. The van der Waals surface area contributed by atoms with Crippen molar-refractivity contribution in [2.75, 3.05) is 20.0 Å². The van der Waals surface area contributed by atoms with E-state index in [0.29, 0.717) is 16.7 Å². The van der Waals surface area contributed by atoms with E-state index in [-0.39, 0.29) is 17.8 Å². The number of esters is 1. The van der Waals surface area contributed by atoms with E-state index in [2.05, 4.69) is 11.7 Å². The Morgan fingerprint density at radius 2 is 2.14 bits per heavy atom. The molecule has 0 radical (unpaired) electrons. The van der Waals surface area contributed by atoms with Gasteiger partial charge in [-0.2, -0.15) is 0 Å². The second-order valence-electron chi connectivity index (χ2n) is 5.22. The van der Waals surface area contributed by atoms with Gasteiger partial charge in [0.15, 0.2) is 0 Å². The van der Waals surface area contributed by atoms with Crippen LogP contribution in [-0.4, -0.2) is 42.1 Å². The summed E-state index contributed by atoms with van der Waals surface area (Å²) >= 11 is 5.79. The van der Waals surface area contributed by atoms with Gasteiger partial charge in [-0.25, -0.2) is 0 Å². The summed E-state index contributed by atoms with van der Waals surface area (Å²) in [5.41, 5.74) is 0.679. The molecule has 1 aliphatic rings. The molecule has 0 heterocycles. The highest BCUT2D eigenvalue weighted by molar-refractivity contribution is 8.68. The van der Waals surface area contributed by atoms with E-state index < -0.39 is 0 Å². The van der Waals surface area contributed by atoms with Crippen molar-refractivity contribution in [2.24, 2.45) is 5.92 Å². The van der Waals surface area contributed by atoms with Gasteiger partial charge in [0.2, 0.25) is 0 Å². The topological polar surface area (TPSA) is 46.6 Å². The summed E-state index contributed by atoms with van der Waals surface area (Å²) in [7, 11) is 4.51. The molecule has 0 saturated heterocycles. The Balaban J connectivity index is 1.93. The monoisotopic (exact) mass is 357 g/mol. The third-order valence-electron chi connectivity index (χ3n) is 3.61. The summed E-state index contributed by atoms with van der Waals surface area (Å²) in [4.78, 5) is 26.3. The fraction of sp³-hybridized carbons (Fsp3) is 0.467. The van der Waals surface area contributed by atoms with Gasteiger partial charge in [0, 0.05) is 22.8 Å². The molecule has 0 aliphatic heterocycles. The van der Waals surface area contributed by atoms with Gasteiger partial charge in [-0.3, -0.25) is 9.59 Å². The number of rotatable bonds is 6. The number of ether oxygens (including phenoxy) is 1. The van der Waals surface area contributed by atoms with Crippen LogP contribution in [0.1, 0.15) is 23.2 Å². The van der Waals surface area contributed by atoms with Crippen molar-refractivity contribution in [1.82, 2.24) is 4.90 Å². The molecule has 2 rings (SSSR count). The number of thiol groups is 1. The molecule has 1 fully saturated rings. The quantitative estimate of drug-likeness (QED) is 0.366. The third kappa shape index (κ3) is 4.36. The van der Waals surface area contributed by atoms with E-state index in [1.807, 2.05) is 24.3 Å². The normalized spacial score (nSPS) is 20.1. The predicted octanol–water partition coefficient (Wildman–Crippen LogP) is 3.34. The van der Waals surface area contributed by atoms with E-state index in [1.54, 1.807) is 23.7 Å². The number of nitrogens with zero attached hydrogens (tertiary/aromatic N) is 1. The second kappa shape index (κ2) is 8.17. The Kier molecular flexibility index (Phi) is 6.52. The molecule has 7 heteroatoms. The third-order valence-corrected chi connectivity index (χ3v) is 5.70. The zero-order valence-electron chi connectivity index (χ0n) is 12.5. The molecule has 1 aromatic rings. The van der Waals surface area contributed by atoms with Gasteiger partial charge in [0.25, 0.3) is 5.91 Å². The van der Waals surface area contributed by atoms with E-state index in [0.717, 1.165) is 17.7 Å². The number of hydrogen-bond donors (Lipinski definition) is 1. The molecule has 1 aliphatic carbocycles. The lowest BCUT2D eigenvalue weighted by molar-refractivity contribution is -0.148. The average Bonchev–Trinajstić information content (AvgIpc) is 2.49. The van der Waals surface area contributed by atoms with Crippen LogP contribution >= 0.6 is 34.2 Å². The van der Waals surface area contributed by atoms with Crippen LogP contribution in [0.4, 0.5) is 0 Å². The van der Waals surface area contributed by atoms with Gasteiger partial charge in [-0.05, 0) is 31.0 Å². The highest BCUT2D eigenvalue weighted by Crippen LogP contribution is 2.41. The van der Waals surface area contributed by atoms with Gasteiger partial charge in [0.1, 0.15) is 0 Å². The van der Waals surface area contributed by atoms with Crippen LogP contribution in [0.5, 0.6) is 0 Å². The fourth-order valence-electron chi connectivity index (χ4n) is 2.28. The van der Waals surface area contributed by atoms with E-state index in [9.17, 15) is 9.59 Å². The van der Waals surface area contributed by atoms with Crippen molar-refractivity contribution in [3.63, 3.8) is 0 Å². The fourth-order valence-corrected chi connectivity index (χ4v) is 4.49. The molecule has 0 aromatic heterocycles. The molecule has 0 atom stereocenters. The van der Waals surface area contributed by atoms with Gasteiger partial charge >= 0.3 is 5.97 Å². The van der Waals surface area contributed by atoms with E-state index in [1.165, 1.54) is 17.9 Å². The van der Waals surface area contributed by atoms with Crippen molar-refractivity contribution in [3.05, 3.63) is 29.8 Å². The Bertz CT molecular complexity index is 547. The number of carbonyl (C=O) groups is 2. The SMILES string of the molecule is COC(=O)C1CC(Sc2cccc(C(=O)N(C)CSS)c2)C1. The van der Waals surface area contributed by atoms with Crippen molar-refractivity contribution in [3.8, 4) is 0 Å². The minimum Gasteiger partial charge on any atom is -0.469 e. The average molecular weight is 358 g/mol. The zero-order valence-corrected chi connectivity index (χ0v) is 15.0. The Morgan fingerprint density at radius 1 is 1.41 bits per heavy atom. The molecule has 22 heavy (non-hydrogen) atoms. The molecule has 0 N–H and O–H groups in total. The standard InChI is InChI=1S/C15H19NO3S3/c1-16(9-21-20)14(17)10-4-3-5-12(6-10)22-13-7-11(8-13)15(18)19-2/h3-6,11,13,20H,7-9H2,1-2H3. The summed E-state index contributed by atoms with van der Waals surface area (Å²) in [6, 6.07) is 7.64. The maximum absolute atomic E-state index is 12.2. The molecule has 1 saturated carbocycles. The molecule has 0 unspecified atom stereocenters. The summed E-state index contributed by atoms with van der Waals surface area (Å²) < 4.78 is 4.75. The van der Waals surface area contributed by atoms with Crippen LogP contribution in [0, 0.1) is 5.92 Å². The van der Waals surface area contributed by atoms with Gasteiger partial charge in [0.05, 0.1) is 18.9 Å². The Labute approximate surface area is 144 Å². The molecule has 4 nitrogen and oxygen atoms in total. The van der Waals surface area contributed by atoms with Crippen LogP contribution in [-0.2, 0) is 9.53 Å². The van der Waals surface area contributed by atoms with Gasteiger partial charge in [-0.15, -0.1) is 23.4 Å². The number of amides is 1. The smallest absolute Gasteiger partial charge is 0.308 e. The van der Waals surface area contributed by atoms with Crippen molar-refractivity contribution in [2.45, 2.75) is 23.0 Å². The van der Waals surface area contributed by atoms with Crippen molar-refractivity contribution in [1.29, 1.82) is 0 Å². The van der Waals surface area contributed by atoms with Crippen LogP contribution < -0.4 is 0 Å². The summed E-state index contributed by atoms with van der Waals surface area (Å²) in [6.07, 6.45) is 1.68. The molecule has 120 valence electrons. The second-order valence-corrected chi connectivity index (χ2v) is 7.89. The Morgan fingerprint density at radius 3 is 2.77 bits per heavy atom. The lowest BCUT2D eigenvalue weighted by atomic mass is 9.85. The molecule has 1 aromatic carbocycles. The van der Waals surface area contributed by atoms with Crippen LogP contribution in [0.25, 0.3) is 0 Å². The number of methoxy groups -OCH3 is 1. The number of carbonyl (C=O) groups excluding carboxylic acids is 2. The highest BCUT2D eigenvalue weighted by atomic mass is 33.1. The van der Waals surface area contributed by atoms with Crippen molar-refractivity contribution < 1.29 is 14.3 Å². The zero-order chi connectivity index (χ0) is 16.1. The summed E-state index contributed by atoms with van der Waals surface area (Å²) in [6.45, 7) is 0. The number of thioether (sulfide) groups is 1. The summed E-state index contributed by atoms with van der Waals surface area (Å²) in [5, 5.41) is 0.417. The first-order valence-electron chi connectivity index (χ1n) is 6.91. The molecule has 1 amide bonds. The first-order valence-corrected chi connectivity index (χ1v) is 9.83. The van der Waals surface area contributed by atoms with Gasteiger partial charge in [-0.1, -0.05) is 16.9 Å². The van der Waals surface area contributed by atoms with Crippen LogP contribution in [0.2, 0.25) is 0 Å². The van der Waals surface area contributed by atoms with Crippen LogP contribution in [0.15, 0.2) is 29.2 Å². The molecular formula is C15H19NO3S3. The number of benzene rings is 1.